The van der Waals surface area contributed by atoms with Gasteiger partial charge in [0, 0.05) is 5.56 Å². The molecule has 0 aliphatic heterocycles. The van der Waals surface area contributed by atoms with Crippen molar-refractivity contribution in [2.24, 2.45) is 0 Å². The summed E-state index contributed by atoms with van der Waals surface area (Å²) in [6.07, 6.45) is 2.60. The summed E-state index contributed by atoms with van der Waals surface area (Å²) in [5, 5.41) is 14.2. The Bertz CT molecular complexity index is 900. The summed E-state index contributed by atoms with van der Waals surface area (Å²) in [5.41, 5.74) is 3.33. The lowest BCUT2D eigenvalue weighted by Crippen LogP contribution is -2.04. The van der Waals surface area contributed by atoms with Gasteiger partial charge in [0.15, 0.2) is 0 Å². The molecule has 0 radical (unpaired) electrons. The molecule has 0 bridgehead atoms. The summed E-state index contributed by atoms with van der Waals surface area (Å²) in [6, 6.07) is 17.7. The number of aliphatic hydroxyl groups is 1. The van der Waals surface area contributed by atoms with Crippen LogP contribution in [0.15, 0.2) is 54.6 Å². The molecule has 5 heteroatoms. The molecule has 1 saturated carbocycles. The van der Waals surface area contributed by atoms with Gasteiger partial charge >= 0.3 is 0 Å². The highest BCUT2D eigenvalue weighted by molar-refractivity contribution is 5.66. The van der Waals surface area contributed by atoms with Crippen molar-refractivity contribution in [3.8, 4) is 28.4 Å². The molecule has 1 fully saturated rings. The van der Waals surface area contributed by atoms with Crippen LogP contribution in [0.4, 0.5) is 0 Å². The van der Waals surface area contributed by atoms with E-state index in [1.165, 1.54) is 0 Å². The minimum Gasteiger partial charge on any atom is -0.492 e. The third-order valence-corrected chi connectivity index (χ3v) is 4.27. The van der Waals surface area contributed by atoms with E-state index in [1.807, 2.05) is 66.2 Å². The minimum absolute atomic E-state index is 0.116. The van der Waals surface area contributed by atoms with E-state index >= 15 is 0 Å². The van der Waals surface area contributed by atoms with Crippen LogP contribution < -0.4 is 9.47 Å². The molecule has 1 N–H and O–H groups in total. The topological polar surface area (TPSA) is 56.5 Å². The molecule has 3 aromatic rings. The number of benzene rings is 2. The van der Waals surface area contributed by atoms with Crippen molar-refractivity contribution in [3.63, 3.8) is 0 Å². The summed E-state index contributed by atoms with van der Waals surface area (Å²) in [7, 11) is 0. The van der Waals surface area contributed by atoms with Gasteiger partial charge in [-0.2, -0.15) is 5.10 Å². The largest absolute Gasteiger partial charge is 0.492 e. The highest BCUT2D eigenvalue weighted by Crippen LogP contribution is 2.33. The molecule has 1 aromatic heterocycles. The molecule has 5 nitrogen and oxygen atoms in total. The summed E-state index contributed by atoms with van der Waals surface area (Å²) < 4.78 is 13.5. The van der Waals surface area contributed by atoms with Gasteiger partial charge in [0.05, 0.1) is 30.7 Å². The number of aromatic nitrogens is 2. The van der Waals surface area contributed by atoms with E-state index in [2.05, 4.69) is 5.10 Å². The summed E-state index contributed by atoms with van der Waals surface area (Å²) in [6.45, 7) is 2.42. The zero-order valence-corrected chi connectivity index (χ0v) is 14.8. The van der Waals surface area contributed by atoms with E-state index in [0.717, 1.165) is 41.3 Å². The van der Waals surface area contributed by atoms with Crippen molar-refractivity contribution < 1.29 is 14.6 Å². The second kappa shape index (κ2) is 7.22. The molecule has 0 atom stereocenters. The molecule has 134 valence electrons. The molecule has 1 heterocycles. The van der Waals surface area contributed by atoms with Gasteiger partial charge in [-0.3, -0.25) is 0 Å². The maximum absolute atomic E-state index is 9.59. The highest BCUT2D eigenvalue weighted by atomic mass is 16.5. The number of aliphatic hydroxyl groups excluding tert-OH is 1. The van der Waals surface area contributed by atoms with Crippen molar-refractivity contribution >= 4 is 0 Å². The van der Waals surface area contributed by atoms with Gasteiger partial charge in [-0.15, -0.1) is 0 Å². The fourth-order valence-corrected chi connectivity index (χ4v) is 2.91. The molecule has 0 amide bonds. The first-order chi connectivity index (χ1) is 12.8. The first kappa shape index (κ1) is 16.7. The molecule has 26 heavy (non-hydrogen) atoms. The zero-order chi connectivity index (χ0) is 17.9. The predicted molar refractivity (Wildman–Crippen MR) is 99.7 cm³/mol. The Labute approximate surface area is 152 Å². The Morgan fingerprint density at radius 1 is 1.12 bits per heavy atom. The van der Waals surface area contributed by atoms with Crippen LogP contribution in [0.2, 0.25) is 0 Å². The van der Waals surface area contributed by atoms with E-state index in [4.69, 9.17) is 9.47 Å². The highest BCUT2D eigenvalue weighted by Gasteiger charge is 2.23. The maximum Gasteiger partial charge on any atom is 0.144 e. The molecule has 4 rings (SSSR count). The SMILES string of the molecule is CCOc1ccccc1-n1nc(CO)cc1-c1cccc(OC2CC2)c1. The van der Waals surface area contributed by atoms with Crippen LogP contribution in [0.5, 0.6) is 11.5 Å². The first-order valence-electron chi connectivity index (χ1n) is 8.97. The Balaban J connectivity index is 1.79. The second-order valence-corrected chi connectivity index (χ2v) is 6.34. The van der Waals surface area contributed by atoms with Gasteiger partial charge in [-0.05, 0) is 50.1 Å². The normalized spacial score (nSPS) is 13.6. The Kier molecular flexibility index (Phi) is 4.63. The van der Waals surface area contributed by atoms with Crippen LogP contribution >= 0.6 is 0 Å². The third kappa shape index (κ3) is 3.44. The lowest BCUT2D eigenvalue weighted by atomic mass is 10.1. The standard InChI is InChI=1S/C21H22N2O3/c1-2-25-21-9-4-3-8-19(21)23-20(13-16(14-24)22-23)15-6-5-7-18(12-15)26-17-10-11-17/h3-9,12-13,17,24H,2,10-11,14H2,1H3. The minimum atomic E-state index is -0.116. The van der Waals surface area contributed by atoms with Crippen molar-refractivity contribution in [2.75, 3.05) is 6.61 Å². The number of hydrogen-bond acceptors (Lipinski definition) is 4. The molecule has 1 aliphatic carbocycles. The lowest BCUT2D eigenvalue weighted by Gasteiger charge is -2.13. The van der Waals surface area contributed by atoms with Crippen LogP contribution in [-0.4, -0.2) is 27.6 Å². The smallest absolute Gasteiger partial charge is 0.144 e. The molecular formula is C21H22N2O3. The number of nitrogens with zero attached hydrogens (tertiary/aromatic N) is 2. The van der Waals surface area contributed by atoms with Crippen LogP contribution in [0.25, 0.3) is 16.9 Å². The molecule has 0 saturated heterocycles. The number of rotatable bonds is 7. The second-order valence-electron chi connectivity index (χ2n) is 6.34. The maximum atomic E-state index is 9.59. The summed E-state index contributed by atoms with van der Waals surface area (Å²) in [4.78, 5) is 0. The van der Waals surface area contributed by atoms with Crippen molar-refractivity contribution in [2.45, 2.75) is 32.5 Å². The van der Waals surface area contributed by atoms with Crippen LogP contribution in [0.3, 0.4) is 0 Å². The van der Waals surface area contributed by atoms with Gasteiger partial charge < -0.3 is 14.6 Å². The summed E-state index contributed by atoms with van der Waals surface area (Å²) in [5.74, 6) is 1.62. The van der Waals surface area contributed by atoms with E-state index in [0.29, 0.717) is 18.4 Å². The van der Waals surface area contributed by atoms with Gasteiger partial charge in [0.2, 0.25) is 0 Å². The van der Waals surface area contributed by atoms with E-state index in [1.54, 1.807) is 0 Å². The molecule has 2 aromatic carbocycles. The number of para-hydroxylation sites is 2. The van der Waals surface area contributed by atoms with E-state index < -0.39 is 0 Å². The average molecular weight is 350 g/mol. The predicted octanol–water partition coefficient (Wildman–Crippen LogP) is 3.97. The Morgan fingerprint density at radius 3 is 2.73 bits per heavy atom. The zero-order valence-electron chi connectivity index (χ0n) is 14.8. The molecular weight excluding hydrogens is 328 g/mol. The Morgan fingerprint density at radius 2 is 1.96 bits per heavy atom. The van der Waals surface area contributed by atoms with E-state index in [-0.39, 0.29) is 6.61 Å². The fraction of sp³-hybridized carbons (Fsp3) is 0.286. The fourth-order valence-electron chi connectivity index (χ4n) is 2.91. The van der Waals surface area contributed by atoms with Crippen molar-refractivity contribution in [1.29, 1.82) is 0 Å². The van der Waals surface area contributed by atoms with Gasteiger partial charge in [-0.1, -0.05) is 24.3 Å². The molecule has 1 aliphatic rings. The lowest BCUT2D eigenvalue weighted by molar-refractivity contribution is 0.276. The first-order valence-corrected chi connectivity index (χ1v) is 8.97. The van der Waals surface area contributed by atoms with Crippen LogP contribution in [-0.2, 0) is 6.61 Å². The van der Waals surface area contributed by atoms with Crippen LogP contribution in [0, 0.1) is 0 Å². The van der Waals surface area contributed by atoms with E-state index in [9.17, 15) is 5.11 Å². The quantitative estimate of drug-likeness (QED) is 0.700. The monoisotopic (exact) mass is 350 g/mol. The summed E-state index contributed by atoms with van der Waals surface area (Å²) >= 11 is 0. The van der Waals surface area contributed by atoms with Crippen LogP contribution in [0.1, 0.15) is 25.5 Å². The van der Waals surface area contributed by atoms with Gasteiger partial charge in [0.25, 0.3) is 0 Å². The third-order valence-electron chi connectivity index (χ3n) is 4.27. The Hall–Kier alpha value is -2.79. The van der Waals surface area contributed by atoms with Gasteiger partial charge in [0.1, 0.15) is 17.2 Å². The molecule has 0 unspecified atom stereocenters. The van der Waals surface area contributed by atoms with Crippen molar-refractivity contribution in [1.82, 2.24) is 9.78 Å². The van der Waals surface area contributed by atoms with Crippen molar-refractivity contribution in [3.05, 3.63) is 60.3 Å². The van der Waals surface area contributed by atoms with Gasteiger partial charge in [-0.25, -0.2) is 4.68 Å². The average Bonchev–Trinajstić information content (AvgIpc) is 3.37. The molecule has 0 spiro atoms. The number of hydrogen-bond donors (Lipinski definition) is 1. The number of ether oxygens (including phenoxy) is 2.